The summed E-state index contributed by atoms with van der Waals surface area (Å²) in [6.45, 7) is 1.19. The molecule has 1 unspecified atom stereocenters. The van der Waals surface area contributed by atoms with Crippen molar-refractivity contribution in [1.82, 2.24) is 9.99 Å². The van der Waals surface area contributed by atoms with E-state index in [2.05, 4.69) is 17.4 Å². The third kappa shape index (κ3) is 6.82. The van der Waals surface area contributed by atoms with Crippen LogP contribution in [0.3, 0.4) is 0 Å². The van der Waals surface area contributed by atoms with Gasteiger partial charge in [-0.15, -0.1) is 0 Å². The zero-order valence-corrected chi connectivity index (χ0v) is 21.8. The van der Waals surface area contributed by atoms with Crippen LogP contribution in [-0.4, -0.2) is 34.8 Å². The van der Waals surface area contributed by atoms with Crippen LogP contribution in [0.15, 0.2) is 97.1 Å². The Hall–Kier alpha value is -2.53. The first-order chi connectivity index (χ1) is 17.6. The van der Waals surface area contributed by atoms with E-state index in [4.69, 9.17) is 4.52 Å². The van der Waals surface area contributed by atoms with Crippen LogP contribution in [0.2, 0.25) is 0 Å². The van der Waals surface area contributed by atoms with Gasteiger partial charge < -0.3 is 14.9 Å². The van der Waals surface area contributed by atoms with Gasteiger partial charge in [-0.25, -0.2) is 4.67 Å². The number of aliphatic hydroxyl groups excluding tert-OH is 1. The highest BCUT2D eigenvalue weighted by atomic mass is 31.2. The zero-order valence-electron chi connectivity index (χ0n) is 20.9. The molecule has 2 N–H and O–H groups in total. The van der Waals surface area contributed by atoms with Crippen molar-refractivity contribution in [3.63, 3.8) is 0 Å². The van der Waals surface area contributed by atoms with Gasteiger partial charge in [-0.1, -0.05) is 110 Å². The summed E-state index contributed by atoms with van der Waals surface area (Å²) in [5.74, 6) is -1.25. The molecule has 0 amide bonds. The lowest BCUT2D eigenvalue weighted by molar-refractivity contribution is 0.149. The molecule has 6 heteroatoms. The molecule has 0 aliphatic heterocycles. The molecule has 0 spiro atoms. The lowest BCUT2D eigenvalue weighted by Crippen LogP contribution is -2.51. The Morgan fingerprint density at radius 1 is 0.944 bits per heavy atom. The first-order valence-corrected chi connectivity index (χ1v) is 14.4. The number of rotatable bonds is 11. The van der Waals surface area contributed by atoms with Crippen LogP contribution in [0.25, 0.3) is 6.08 Å². The molecule has 4 rings (SSSR count). The number of nitrogens with one attached hydrogen (secondary N) is 1. The van der Waals surface area contributed by atoms with Gasteiger partial charge in [0.05, 0.1) is 0 Å². The lowest BCUT2D eigenvalue weighted by Gasteiger charge is -2.44. The Balaban J connectivity index is 1.62. The smallest absolute Gasteiger partial charge is 0.304 e. The Kier molecular flexibility index (Phi) is 9.68. The Morgan fingerprint density at radius 3 is 2.17 bits per heavy atom. The van der Waals surface area contributed by atoms with Crippen molar-refractivity contribution < 1.29 is 14.2 Å². The van der Waals surface area contributed by atoms with E-state index < -0.39 is 13.4 Å². The normalized spacial score (nSPS) is 20.9. The fraction of sp³-hybridized carbons (Fsp3) is 0.333. The second kappa shape index (κ2) is 13.1. The third-order valence-corrected chi connectivity index (χ3v) is 9.44. The number of aliphatic hydroxyl groups is 1. The lowest BCUT2D eigenvalue weighted by atomic mass is 9.90. The van der Waals surface area contributed by atoms with Gasteiger partial charge in [0.1, 0.15) is 0 Å². The van der Waals surface area contributed by atoms with Crippen LogP contribution in [0.5, 0.6) is 0 Å². The molecular formula is C30H37N2O3P. The molecule has 0 radical (unpaired) electrons. The van der Waals surface area contributed by atoms with Crippen molar-refractivity contribution in [2.75, 3.05) is 7.11 Å². The number of hydrogen-bond acceptors (Lipinski definition) is 4. The largest absolute Gasteiger partial charge is 0.377 e. The van der Waals surface area contributed by atoms with Gasteiger partial charge in [-0.05, 0) is 35.6 Å². The van der Waals surface area contributed by atoms with Crippen molar-refractivity contribution in [2.24, 2.45) is 0 Å². The van der Waals surface area contributed by atoms with E-state index in [9.17, 15) is 9.67 Å². The average molecular weight is 505 g/mol. The van der Waals surface area contributed by atoms with Crippen molar-refractivity contribution in [1.29, 1.82) is 0 Å². The van der Waals surface area contributed by atoms with E-state index in [-0.39, 0.29) is 12.1 Å². The van der Waals surface area contributed by atoms with E-state index in [1.54, 1.807) is 6.08 Å². The van der Waals surface area contributed by atoms with Gasteiger partial charge >= 0.3 is 7.52 Å². The van der Waals surface area contributed by atoms with Crippen molar-refractivity contribution in [3.8, 4) is 0 Å². The topological polar surface area (TPSA) is 61.8 Å². The van der Waals surface area contributed by atoms with Gasteiger partial charge in [0, 0.05) is 32.3 Å². The number of nitrogens with zero attached hydrogens (tertiary/aromatic N) is 1. The molecule has 1 aliphatic carbocycles. The van der Waals surface area contributed by atoms with Crippen LogP contribution in [-0.2, 0) is 22.2 Å². The second-order valence-corrected chi connectivity index (χ2v) is 11.9. The Morgan fingerprint density at radius 2 is 1.53 bits per heavy atom. The van der Waals surface area contributed by atoms with Crippen molar-refractivity contribution in [3.05, 3.63) is 114 Å². The van der Waals surface area contributed by atoms with Gasteiger partial charge in [0.25, 0.3) is 0 Å². The number of benzene rings is 3. The minimum atomic E-state index is -3.64. The fourth-order valence-electron chi connectivity index (χ4n) is 4.98. The fourth-order valence-corrected chi connectivity index (χ4v) is 7.06. The maximum Gasteiger partial charge on any atom is 0.304 e. The first-order valence-electron chi connectivity index (χ1n) is 12.8. The highest BCUT2D eigenvalue weighted by Crippen LogP contribution is 2.57. The van der Waals surface area contributed by atoms with Crippen LogP contribution < -0.4 is 5.32 Å². The molecule has 3 aromatic rings. The van der Waals surface area contributed by atoms with E-state index in [0.717, 1.165) is 43.4 Å². The van der Waals surface area contributed by atoms with Crippen LogP contribution in [0.1, 0.15) is 42.4 Å². The summed E-state index contributed by atoms with van der Waals surface area (Å²) in [6.07, 6.45) is 7.47. The molecule has 190 valence electrons. The summed E-state index contributed by atoms with van der Waals surface area (Å²) >= 11 is 0. The molecule has 5 nitrogen and oxygen atoms in total. The summed E-state index contributed by atoms with van der Waals surface area (Å²) in [5, 5.41) is 15.0. The molecule has 36 heavy (non-hydrogen) atoms. The standard InChI is InChI=1S/C30H37N2O3P/c1-35-36(34,30(33)22-21-25-13-5-2-6-14-25)32(24-27-17-9-4-10-18-27)29-20-12-11-19-28(29)31-23-26-15-7-3-8-16-26/h2-10,13-18,21-22,28-31,33H,11-12,19-20,23-24H2,1H3/b22-21+/t28-,29-,30-,36?/m1/s1. The predicted octanol–water partition coefficient (Wildman–Crippen LogP) is 6.46. The molecule has 4 atom stereocenters. The quantitative estimate of drug-likeness (QED) is 0.294. The van der Waals surface area contributed by atoms with Crippen molar-refractivity contribution in [2.45, 2.75) is 56.7 Å². The first kappa shape index (κ1) is 26.5. The van der Waals surface area contributed by atoms with Gasteiger partial charge in [-0.2, -0.15) is 0 Å². The van der Waals surface area contributed by atoms with E-state index in [1.807, 2.05) is 89.6 Å². The molecule has 0 heterocycles. The SMILES string of the molecule is COP(=O)([C@@H](O)/C=C/c1ccccc1)N(Cc1ccccc1)[C@@H]1CCCC[C@H]1NCc1ccccc1. The Bertz CT molecular complexity index is 1120. The average Bonchev–Trinajstić information content (AvgIpc) is 2.95. The predicted molar refractivity (Wildman–Crippen MR) is 147 cm³/mol. The molecule has 1 fully saturated rings. The van der Waals surface area contributed by atoms with Crippen molar-refractivity contribution >= 4 is 13.6 Å². The molecule has 0 saturated heterocycles. The molecule has 0 bridgehead atoms. The minimum absolute atomic E-state index is 0.0340. The van der Waals surface area contributed by atoms with Crippen LogP contribution >= 0.6 is 7.52 Å². The van der Waals surface area contributed by atoms with Gasteiger partial charge in [-0.3, -0.25) is 4.57 Å². The van der Waals surface area contributed by atoms with E-state index in [1.165, 1.54) is 12.7 Å². The highest BCUT2D eigenvalue weighted by Gasteiger charge is 2.44. The van der Waals surface area contributed by atoms with E-state index in [0.29, 0.717) is 6.54 Å². The maximum absolute atomic E-state index is 14.5. The third-order valence-electron chi connectivity index (χ3n) is 6.93. The van der Waals surface area contributed by atoms with Gasteiger partial charge in [0.2, 0.25) is 0 Å². The molecule has 3 aromatic carbocycles. The maximum atomic E-state index is 14.5. The minimum Gasteiger partial charge on any atom is -0.377 e. The summed E-state index contributed by atoms with van der Waals surface area (Å²) in [6, 6.07) is 30.2. The Labute approximate surface area is 215 Å². The summed E-state index contributed by atoms with van der Waals surface area (Å²) in [4.78, 5) is 0. The van der Waals surface area contributed by atoms with E-state index >= 15 is 0 Å². The van der Waals surface area contributed by atoms with Gasteiger partial charge in [0.15, 0.2) is 5.85 Å². The molecule has 1 aliphatic rings. The molecular weight excluding hydrogens is 467 g/mol. The van der Waals surface area contributed by atoms with Crippen LogP contribution in [0.4, 0.5) is 0 Å². The monoisotopic (exact) mass is 504 g/mol. The summed E-state index contributed by atoms with van der Waals surface area (Å²) < 4.78 is 22.2. The zero-order chi connectivity index (χ0) is 25.2. The molecule has 1 saturated carbocycles. The number of hydrogen-bond donors (Lipinski definition) is 2. The summed E-state index contributed by atoms with van der Waals surface area (Å²) in [7, 11) is -2.19. The summed E-state index contributed by atoms with van der Waals surface area (Å²) in [5.41, 5.74) is 3.20. The van der Waals surface area contributed by atoms with Crippen LogP contribution in [0, 0.1) is 0 Å². The highest BCUT2D eigenvalue weighted by molar-refractivity contribution is 7.57. The molecule has 0 aromatic heterocycles. The second-order valence-electron chi connectivity index (χ2n) is 9.34.